The van der Waals surface area contributed by atoms with E-state index in [2.05, 4.69) is 5.10 Å². The predicted octanol–water partition coefficient (Wildman–Crippen LogP) is 5.67. The lowest BCUT2D eigenvalue weighted by molar-refractivity contribution is -0.384. The minimum Gasteiger partial charge on any atom is -0.497 e. The molecule has 0 atom stereocenters. The zero-order chi connectivity index (χ0) is 25.9. The number of pyridine rings is 1. The van der Waals surface area contributed by atoms with E-state index in [4.69, 9.17) is 14.5 Å². The van der Waals surface area contributed by atoms with Crippen molar-refractivity contribution in [3.05, 3.63) is 112 Å². The number of rotatable bonds is 7. The van der Waals surface area contributed by atoms with Crippen molar-refractivity contribution in [1.82, 2.24) is 14.8 Å². The minimum absolute atomic E-state index is 0.0679. The predicted molar refractivity (Wildman–Crippen MR) is 138 cm³/mol. The van der Waals surface area contributed by atoms with Gasteiger partial charge >= 0.3 is 5.97 Å². The molecule has 3 aromatic carbocycles. The molecule has 184 valence electrons. The maximum absolute atomic E-state index is 13.4. The third-order valence-corrected chi connectivity index (χ3v) is 5.91. The Hall–Kier alpha value is -5.05. The summed E-state index contributed by atoms with van der Waals surface area (Å²) in [5, 5.41) is 16.3. The Bertz CT molecular complexity index is 1610. The Morgan fingerprint density at radius 2 is 1.76 bits per heavy atom. The van der Waals surface area contributed by atoms with Crippen molar-refractivity contribution in [3.63, 3.8) is 0 Å². The van der Waals surface area contributed by atoms with Crippen LogP contribution in [0.4, 0.5) is 5.69 Å². The van der Waals surface area contributed by atoms with Crippen molar-refractivity contribution >= 4 is 22.7 Å². The number of methoxy groups -OCH3 is 1. The molecule has 0 aliphatic carbocycles. The zero-order valence-corrected chi connectivity index (χ0v) is 20.1. The molecule has 5 rings (SSSR count). The number of carbonyl (C=O) groups is 1. The number of hydrogen-bond donors (Lipinski definition) is 0. The molecule has 0 bridgehead atoms. The number of ether oxygens (including phenoxy) is 2. The van der Waals surface area contributed by atoms with E-state index in [1.54, 1.807) is 30.0 Å². The van der Waals surface area contributed by atoms with Crippen LogP contribution in [0.1, 0.15) is 21.6 Å². The smallest absolute Gasteiger partial charge is 0.339 e. The summed E-state index contributed by atoms with van der Waals surface area (Å²) < 4.78 is 12.6. The van der Waals surface area contributed by atoms with E-state index in [-0.39, 0.29) is 12.3 Å². The van der Waals surface area contributed by atoms with Gasteiger partial charge in [-0.15, -0.1) is 0 Å². The molecule has 2 heterocycles. The molecule has 0 aliphatic heterocycles. The topological polar surface area (TPSA) is 109 Å². The number of para-hydroxylation sites is 1. The van der Waals surface area contributed by atoms with Gasteiger partial charge in [0, 0.05) is 17.7 Å². The standard InChI is InChI=1S/C28H22N4O5/c1-18-26-24(28(33)37-17-19-7-6-10-22(15-19)32(34)35)16-25(20-11-13-23(36-2)14-12-20)29-27(26)31(30-18)21-8-4-3-5-9-21/h3-16H,17H2,1-2H3. The molecule has 37 heavy (non-hydrogen) atoms. The van der Waals surface area contributed by atoms with Crippen molar-refractivity contribution in [1.29, 1.82) is 0 Å². The van der Waals surface area contributed by atoms with Gasteiger partial charge in [0.15, 0.2) is 5.65 Å². The van der Waals surface area contributed by atoms with E-state index in [0.29, 0.717) is 39.3 Å². The third kappa shape index (κ3) is 4.74. The summed E-state index contributed by atoms with van der Waals surface area (Å²) in [4.78, 5) is 28.9. The first-order valence-corrected chi connectivity index (χ1v) is 11.5. The molecule has 0 radical (unpaired) electrons. The van der Waals surface area contributed by atoms with Crippen LogP contribution in [0.5, 0.6) is 5.75 Å². The van der Waals surface area contributed by atoms with E-state index in [1.807, 2.05) is 61.5 Å². The van der Waals surface area contributed by atoms with E-state index < -0.39 is 10.9 Å². The molecule has 2 aromatic heterocycles. The van der Waals surface area contributed by atoms with E-state index in [0.717, 1.165) is 11.3 Å². The Balaban J connectivity index is 1.60. The molecule has 0 spiro atoms. The average molecular weight is 495 g/mol. The summed E-state index contributed by atoms with van der Waals surface area (Å²) in [6.45, 7) is 1.70. The maximum Gasteiger partial charge on any atom is 0.339 e. The van der Waals surface area contributed by atoms with Gasteiger partial charge in [-0.3, -0.25) is 10.1 Å². The van der Waals surface area contributed by atoms with Crippen LogP contribution in [-0.4, -0.2) is 32.8 Å². The fourth-order valence-electron chi connectivity index (χ4n) is 4.10. The molecule has 0 unspecified atom stereocenters. The van der Waals surface area contributed by atoms with Gasteiger partial charge in [0.2, 0.25) is 0 Å². The van der Waals surface area contributed by atoms with Crippen LogP contribution in [0, 0.1) is 17.0 Å². The van der Waals surface area contributed by atoms with Gasteiger partial charge in [-0.25, -0.2) is 14.5 Å². The molecule has 0 saturated heterocycles. The number of carbonyl (C=O) groups excluding carboxylic acids is 1. The monoisotopic (exact) mass is 494 g/mol. The number of non-ortho nitro benzene ring substituents is 1. The lowest BCUT2D eigenvalue weighted by Gasteiger charge is -2.10. The molecule has 0 saturated carbocycles. The summed E-state index contributed by atoms with van der Waals surface area (Å²) in [5.41, 5.74) is 4.04. The van der Waals surface area contributed by atoms with Crippen LogP contribution in [0.3, 0.4) is 0 Å². The Kier molecular flexibility index (Phi) is 6.34. The number of fused-ring (bicyclic) bond motifs is 1. The Labute approximate surface area is 212 Å². The number of hydrogen-bond acceptors (Lipinski definition) is 7. The molecule has 0 fully saturated rings. The summed E-state index contributed by atoms with van der Waals surface area (Å²) >= 11 is 0. The molecular weight excluding hydrogens is 472 g/mol. The second-order valence-corrected chi connectivity index (χ2v) is 8.32. The molecule has 0 aliphatic rings. The van der Waals surface area contributed by atoms with Gasteiger partial charge in [-0.1, -0.05) is 30.3 Å². The number of nitrogens with zero attached hydrogens (tertiary/aromatic N) is 4. The van der Waals surface area contributed by atoms with Crippen LogP contribution >= 0.6 is 0 Å². The highest BCUT2D eigenvalue weighted by Crippen LogP contribution is 2.30. The van der Waals surface area contributed by atoms with E-state index in [9.17, 15) is 14.9 Å². The highest BCUT2D eigenvalue weighted by molar-refractivity contribution is 6.05. The third-order valence-electron chi connectivity index (χ3n) is 5.91. The van der Waals surface area contributed by atoms with Crippen molar-refractivity contribution in [2.75, 3.05) is 7.11 Å². The van der Waals surface area contributed by atoms with Gasteiger partial charge < -0.3 is 9.47 Å². The highest BCUT2D eigenvalue weighted by Gasteiger charge is 2.22. The van der Waals surface area contributed by atoms with Crippen molar-refractivity contribution in [2.45, 2.75) is 13.5 Å². The first-order chi connectivity index (χ1) is 17.9. The quantitative estimate of drug-likeness (QED) is 0.163. The molecule has 5 aromatic rings. The molecular formula is C28H22N4O5. The second-order valence-electron chi connectivity index (χ2n) is 8.32. The number of nitro benzene ring substituents is 1. The van der Waals surface area contributed by atoms with Gasteiger partial charge in [0.05, 0.1) is 40.1 Å². The average Bonchev–Trinajstić information content (AvgIpc) is 3.28. The second kappa shape index (κ2) is 9.90. The van der Waals surface area contributed by atoms with Gasteiger partial charge in [0.1, 0.15) is 12.4 Å². The van der Waals surface area contributed by atoms with Crippen molar-refractivity contribution in [2.24, 2.45) is 0 Å². The summed E-state index contributed by atoms with van der Waals surface area (Å²) in [5.74, 6) is 0.121. The molecule has 9 nitrogen and oxygen atoms in total. The van der Waals surface area contributed by atoms with Crippen LogP contribution in [0.25, 0.3) is 28.0 Å². The number of aryl methyl sites for hydroxylation is 1. The zero-order valence-electron chi connectivity index (χ0n) is 20.1. The first kappa shape index (κ1) is 23.7. The number of aromatic nitrogens is 3. The lowest BCUT2D eigenvalue weighted by atomic mass is 10.1. The van der Waals surface area contributed by atoms with E-state index >= 15 is 0 Å². The first-order valence-electron chi connectivity index (χ1n) is 11.5. The van der Waals surface area contributed by atoms with Gasteiger partial charge in [-0.2, -0.15) is 5.10 Å². The minimum atomic E-state index is -0.579. The molecule has 0 amide bonds. The Morgan fingerprint density at radius 3 is 2.46 bits per heavy atom. The van der Waals surface area contributed by atoms with Gasteiger partial charge in [-0.05, 0) is 55.0 Å². The largest absolute Gasteiger partial charge is 0.497 e. The van der Waals surface area contributed by atoms with Gasteiger partial charge in [0.25, 0.3) is 5.69 Å². The number of benzene rings is 3. The van der Waals surface area contributed by atoms with E-state index in [1.165, 1.54) is 12.1 Å². The summed E-state index contributed by atoms with van der Waals surface area (Å²) in [7, 11) is 1.59. The SMILES string of the molecule is COc1ccc(-c2cc(C(=O)OCc3cccc([N+](=O)[O-])c3)c3c(C)nn(-c4ccccc4)c3n2)cc1. The normalized spacial score (nSPS) is 10.9. The number of esters is 1. The lowest BCUT2D eigenvalue weighted by Crippen LogP contribution is -2.08. The van der Waals surface area contributed by atoms with Crippen molar-refractivity contribution in [3.8, 4) is 22.7 Å². The Morgan fingerprint density at radius 1 is 1.00 bits per heavy atom. The molecule has 9 heteroatoms. The molecule has 0 N–H and O–H groups in total. The van der Waals surface area contributed by atoms with Crippen LogP contribution in [0.2, 0.25) is 0 Å². The fraction of sp³-hybridized carbons (Fsp3) is 0.107. The maximum atomic E-state index is 13.4. The summed E-state index contributed by atoms with van der Waals surface area (Å²) in [6.07, 6.45) is 0. The van der Waals surface area contributed by atoms with Crippen molar-refractivity contribution < 1.29 is 19.2 Å². The summed E-state index contributed by atoms with van der Waals surface area (Å²) in [6, 6.07) is 24.6. The van der Waals surface area contributed by atoms with Crippen LogP contribution in [-0.2, 0) is 11.3 Å². The van der Waals surface area contributed by atoms with Crippen LogP contribution in [0.15, 0.2) is 84.9 Å². The highest BCUT2D eigenvalue weighted by atomic mass is 16.6. The fourth-order valence-corrected chi connectivity index (χ4v) is 4.10. The van der Waals surface area contributed by atoms with Crippen LogP contribution < -0.4 is 4.74 Å². The number of nitro groups is 1.